The van der Waals surface area contributed by atoms with Crippen molar-refractivity contribution < 1.29 is 114 Å². The highest BCUT2D eigenvalue weighted by Crippen LogP contribution is 2.77. The molecule has 6 heterocycles. The molecular formula is C53H84O23. The minimum atomic E-state index is -1.97. The van der Waals surface area contributed by atoms with Gasteiger partial charge in [0, 0.05) is 0 Å². The summed E-state index contributed by atoms with van der Waals surface area (Å²) in [6.07, 6.45) is -28.3. The molecule has 11 rings (SSSR count). The van der Waals surface area contributed by atoms with Gasteiger partial charge in [0.05, 0.1) is 43.5 Å². The monoisotopic (exact) mass is 1090 g/mol. The van der Waals surface area contributed by atoms with Gasteiger partial charge >= 0.3 is 5.97 Å². The molecule has 0 radical (unpaired) electrons. The summed E-state index contributed by atoms with van der Waals surface area (Å²) in [5.41, 5.74) is -4.01. The first kappa shape index (κ1) is 57.6. The van der Waals surface area contributed by atoms with Gasteiger partial charge in [-0.25, -0.2) is 0 Å². The second-order valence-electron chi connectivity index (χ2n) is 25.9. The van der Waals surface area contributed by atoms with Crippen LogP contribution in [-0.2, 0) is 47.4 Å². The van der Waals surface area contributed by atoms with Crippen molar-refractivity contribution in [1.29, 1.82) is 0 Å². The Balaban J connectivity index is 0.945. The Hall–Kier alpha value is -1.63. The van der Waals surface area contributed by atoms with E-state index in [1.54, 1.807) is 13.8 Å². The van der Waals surface area contributed by atoms with Crippen molar-refractivity contribution >= 4 is 5.97 Å². The normalized spacial score (nSPS) is 57.0. The van der Waals surface area contributed by atoms with Crippen LogP contribution in [0.15, 0.2) is 11.1 Å². The van der Waals surface area contributed by atoms with Crippen molar-refractivity contribution in [3.8, 4) is 0 Å². The Labute approximate surface area is 441 Å². The molecule has 6 saturated heterocycles. The molecule has 2 bridgehead atoms. The number of hydrogen-bond acceptors (Lipinski definition) is 23. The summed E-state index contributed by atoms with van der Waals surface area (Å²) in [5.74, 6) is -0.316. The van der Waals surface area contributed by atoms with Gasteiger partial charge in [-0.15, -0.1) is 0 Å². The van der Waals surface area contributed by atoms with Gasteiger partial charge in [-0.3, -0.25) is 4.79 Å². The van der Waals surface area contributed by atoms with Crippen LogP contribution in [0.5, 0.6) is 0 Å². The number of carbonyl (C=O) groups is 1. The summed E-state index contributed by atoms with van der Waals surface area (Å²) in [5, 5.41) is 144. The number of carbonyl (C=O) groups excluding carboxylic acids is 1. The Morgan fingerprint density at radius 1 is 0.579 bits per heavy atom. The topological polar surface area (TPSA) is 363 Å². The summed E-state index contributed by atoms with van der Waals surface area (Å²) in [6, 6.07) is 0. The quantitative estimate of drug-likeness (QED) is 0.0632. The number of ether oxygens (including phenoxy) is 9. The van der Waals surface area contributed by atoms with E-state index in [-0.39, 0.29) is 28.6 Å². The lowest BCUT2D eigenvalue weighted by Gasteiger charge is -2.73. The van der Waals surface area contributed by atoms with E-state index in [9.17, 15) is 71.2 Å². The van der Waals surface area contributed by atoms with Crippen molar-refractivity contribution in [2.75, 3.05) is 19.8 Å². The zero-order chi connectivity index (χ0) is 55.4. The maximum atomic E-state index is 13.9. The summed E-state index contributed by atoms with van der Waals surface area (Å²) in [7, 11) is 0. The van der Waals surface area contributed by atoms with Gasteiger partial charge in [-0.05, 0) is 123 Å². The fourth-order valence-electron chi connectivity index (χ4n) is 16.8. The molecule has 76 heavy (non-hydrogen) atoms. The zero-order valence-electron chi connectivity index (χ0n) is 44.7. The molecule has 0 aromatic rings. The van der Waals surface area contributed by atoms with E-state index in [1.165, 1.54) is 6.92 Å². The first-order valence-electron chi connectivity index (χ1n) is 27.4. The molecule has 23 nitrogen and oxygen atoms in total. The first-order valence-corrected chi connectivity index (χ1v) is 27.4. The van der Waals surface area contributed by atoms with Gasteiger partial charge in [0.15, 0.2) is 25.2 Å². The molecule has 1 unspecified atom stereocenters. The third-order valence-corrected chi connectivity index (χ3v) is 21.7. The van der Waals surface area contributed by atoms with Gasteiger partial charge in [0.2, 0.25) is 0 Å². The molecule has 11 aliphatic rings. The maximum absolute atomic E-state index is 13.9. The smallest absolute Gasteiger partial charge is 0.317 e. The molecule has 23 heteroatoms. The summed E-state index contributed by atoms with van der Waals surface area (Å²) < 4.78 is 55.5. The summed E-state index contributed by atoms with van der Waals surface area (Å²) in [6.45, 7) is 14.0. The van der Waals surface area contributed by atoms with Crippen LogP contribution in [0.25, 0.3) is 0 Å². The Morgan fingerprint density at radius 2 is 1.16 bits per heavy atom. The fraction of sp³-hybridized carbons (Fsp3) is 0.943. The minimum Gasteiger partial charge on any atom is -0.455 e. The molecule has 4 saturated carbocycles. The summed E-state index contributed by atoms with van der Waals surface area (Å²) in [4.78, 5) is 13.9. The van der Waals surface area contributed by atoms with Crippen LogP contribution < -0.4 is 0 Å². The minimum absolute atomic E-state index is 0.000302. The molecule has 5 aliphatic carbocycles. The number of hydrogen-bond donors (Lipinski definition) is 13. The van der Waals surface area contributed by atoms with Crippen molar-refractivity contribution in [1.82, 2.24) is 0 Å². The third-order valence-electron chi connectivity index (χ3n) is 21.7. The highest BCUT2D eigenvalue weighted by Gasteiger charge is 2.75. The van der Waals surface area contributed by atoms with E-state index >= 15 is 0 Å². The Morgan fingerprint density at radius 3 is 1.80 bits per heavy atom. The third kappa shape index (κ3) is 8.33. The van der Waals surface area contributed by atoms with E-state index < -0.39 is 176 Å². The van der Waals surface area contributed by atoms with E-state index in [2.05, 4.69) is 34.6 Å². The lowest BCUT2D eigenvalue weighted by molar-refractivity contribution is -0.401. The van der Waals surface area contributed by atoms with E-state index in [0.717, 1.165) is 18.4 Å². The molecule has 0 aromatic carbocycles. The van der Waals surface area contributed by atoms with Crippen LogP contribution in [0.4, 0.5) is 0 Å². The van der Waals surface area contributed by atoms with Crippen LogP contribution >= 0.6 is 0 Å². The lowest BCUT2D eigenvalue weighted by Crippen LogP contribution is -2.72. The lowest BCUT2D eigenvalue weighted by atomic mass is 9.33. The zero-order valence-corrected chi connectivity index (χ0v) is 44.7. The number of rotatable bonds is 10. The fourth-order valence-corrected chi connectivity index (χ4v) is 16.8. The van der Waals surface area contributed by atoms with Crippen molar-refractivity contribution in [2.45, 2.75) is 253 Å². The second kappa shape index (κ2) is 19.8. The average molecular weight is 1090 g/mol. The number of fused-ring (bicyclic) bond motifs is 7. The molecule has 434 valence electrons. The predicted molar refractivity (Wildman–Crippen MR) is 256 cm³/mol. The maximum Gasteiger partial charge on any atom is 0.317 e. The molecule has 13 N–H and O–H groups in total. The molecule has 29 atom stereocenters. The predicted octanol–water partition coefficient (Wildman–Crippen LogP) is -2.12. The largest absolute Gasteiger partial charge is 0.455 e. The molecular weight excluding hydrogens is 1000 g/mol. The van der Waals surface area contributed by atoms with Gasteiger partial charge in [-0.2, -0.15) is 0 Å². The SMILES string of the molecule is C[C@@H]1O[C@@H](O[C@H]2[C@H](O[C@H]3CC[C@]4(C)[C@H]5C[C@@H](O)C6=C7[C@]8(CC[C@](C)(OC8=O)[C@@]7(C)O)CC[C@@]6(C)[C@]5(C)CC[C@H]4C3(C)C)OC[C@H](O)[C@@H]2O[C@@H]2O[C@H](CO)[C@@H](O)[C@H](O)[C@H]2O[C@@H]2OC(CO)[C@@H](O)[C@H](O)[C@H]2O)[C@H](O)[C@H](O)[C@H]1O. The molecule has 6 aliphatic heterocycles. The van der Waals surface area contributed by atoms with Gasteiger partial charge in [-0.1, -0.05) is 34.6 Å². The van der Waals surface area contributed by atoms with Crippen LogP contribution in [0.1, 0.15) is 113 Å². The van der Waals surface area contributed by atoms with Gasteiger partial charge in [0.25, 0.3) is 0 Å². The summed E-state index contributed by atoms with van der Waals surface area (Å²) >= 11 is 0. The van der Waals surface area contributed by atoms with E-state index in [0.29, 0.717) is 50.5 Å². The van der Waals surface area contributed by atoms with E-state index in [4.69, 9.17) is 42.6 Å². The van der Waals surface area contributed by atoms with Crippen molar-refractivity contribution in [3.63, 3.8) is 0 Å². The highest BCUT2D eigenvalue weighted by molar-refractivity contribution is 5.86. The Kier molecular flexibility index (Phi) is 15.0. The van der Waals surface area contributed by atoms with Crippen LogP contribution in [0.2, 0.25) is 0 Å². The first-order chi connectivity index (χ1) is 35.5. The van der Waals surface area contributed by atoms with Crippen molar-refractivity contribution in [3.05, 3.63) is 11.1 Å². The molecule has 0 amide bonds. The molecule has 1 spiro atoms. The Bertz CT molecular complexity index is 2200. The van der Waals surface area contributed by atoms with Crippen LogP contribution in [-0.4, -0.2) is 232 Å². The van der Waals surface area contributed by atoms with Gasteiger partial charge in [0.1, 0.15) is 96.7 Å². The van der Waals surface area contributed by atoms with Crippen molar-refractivity contribution in [2.24, 2.45) is 38.9 Å². The highest BCUT2D eigenvalue weighted by atomic mass is 16.8. The molecule has 0 aromatic heterocycles. The standard InChI is InChI=1S/C53H84O23/c1-21-30(58)33(61)36(64)42(69-21)75-40-38(73-45-39(35(63)32(60)25(19-55)71-45)74-43-37(65)34(62)31(59)24(18-54)70-43)23(57)20-68-44(40)72-28-10-11-48(4)26(47(28,2)3)9-12-49(5)27(48)17-22(56)29-41-52(8,67)51(7)14-16-53(41,46(66)76-51)15-13-50(29,49)6/h21-28,30-40,42-45,54-65,67H,9-20H2,1-8H3/t21-,22+,23-,24?,25+,26-,27+,28-,30-,31+,32+,33+,34-,35-,36+,37+,38-,39+,40+,42-,43-,44-,45-,48-,49+,50+,51-,52-,53+/m0/s1. The second-order valence-corrected chi connectivity index (χ2v) is 25.9. The molecule has 10 fully saturated rings. The van der Waals surface area contributed by atoms with Gasteiger partial charge < -0.3 is 109 Å². The number of aliphatic hydroxyl groups is 13. The van der Waals surface area contributed by atoms with Crippen LogP contribution in [0.3, 0.4) is 0 Å². The number of aliphatic hydroxyl groups excluding tert-OH is 12. The number of esters is 1. The average Bonchev–Trinajstić information content (AvgIpc) is 3.50. The van der Waals surface area contributed by atoms with Crippen LogP contribution in [0, 0.1) is 38.9 Å². The van der Waals surface area contributed by atoms with E-state index in [1.807, 2.05) is 0 Å².